The van der Waals surface area contributed by atoms with E-state index in [0.29, 0.717) is 6.08 Å². The molecule has 6 heteroatoms. The highest BCUT2D eigenvalue weighted by molar-refractivity contribution is 5.81. The molecule has 0 aliphatic heterocycles. The van der Waals surface area contributed by atoms with Crippen molar-refractivity contribution in [2.45, 2.75) is 12.1 Å². The summed E-state index contributed by atoms with van der Waals surface area (Å²) in [6.07, 6.45) is -1.29. The van der Waals surface area contributed by atoms with Gasteiger partial charge in [0.25, 0.3) is 0 Å². The molecule has 4 N–H and O–H groups in total. The standard InChI is InChI=1S/C6H10O6/c1-2-5(9)12-6(10,11)4(8)3-7/h2,4,7-8,10-11H,1,3H2. The molecule has 0 saturated carbocycles. The number of carbonyl (C=O) groups excluding carboxylic acids is 1. The van der Waals surface area contributed by atoms with E-state index in [2.05, 4.69) is 11.3 Å². The summed E-state index contributed by atoms with van der Waals surface area (Å²) in [7, 11) is 0. The molecular weight excluding hydrogens is 168 g/mol. The van der Waals surface area contributed by atoms with Gasteiger partial charge < -0.3 is 25.2 Å². The second kappa shape index (κ2) is 4.17. The van der Waals surface area contributed by atoms with Crippen LogP contribution in [-0.2, 0) is 9.53 Å². The largest absolute Gasteiger partial charge is 0.402 e. The maximum Gasteiger partial charge on any atom is 0.354 e. The van der Waals surface area contributed by atoms with Gasteiger partial charge in [0.05, 0.1) is 6.61 Å². The van der Waals surface area contributed by atoms with Gasteiger partial charge in [-0.25, -0.2) is 4.79 Å². The first kappa shape index (κ1) is 11.1. The lowest BCUT2D eigenvalue weighted by Crippen LogP contribution is -2.47. The maximum absolute atomic E-state index is 10.4. The van der Waals surface area contributed by atoms with Crippen LogP contribution in [0.5, 0.6) is 0 Å². The summed E-state index contributed by atoms with van der Waals surface area (Å²) in [6, 6.07) is 0. The van der Waals surface area contributed by atoms with Gasteiger partial charge in [0, 0.05) is 6.08 Å². The summed E-state index contributed by atoms with van der Waals surface area (Å²) in [4.78, 5) is 10.4. The summed E-state index contributed by atoms with van der Waals surface area (Å²) in [5.41, 5.74) is 0. The molecule has 0 rings (SSSR count). The molecule has 12 heavy (non-hydrogen) atoms. The molecule has 0 aliphatic rings. The Morgan fingerprint density at radius 3 is 2.50 bits per heavy atom. The highest BCUT2D eigenvalue weighted by Crippen LogP contribution is 2.08. The first-order chi connectivity index (χ1) is 5.44. The van der Waals surface area contributed by atoms with Gasteiger partial charge in [-0.1, -0.05) is 6.58 Å². The fourth-order valence-electron chi connectivity index (χ4n) is 0.377. The number of rotatable bonds is 4. The summed E-state index contributed by atoms with van der Waals surface area (Å²) < 4.78 is 3.88. The third kappa shape index (κ3) is 2.97. The quantitative estimate of drug-likeness (QED) is 0.219. The Hall–Kier alpha value is -0.950. The SMILES string of the molecule is C=CC(=O)OC(O)(O)C(O)CO. The number of carbonyl (C=O) groups is 1. The van der Waals surface area contributed by atoms with Crippen LogP contribution in [0.4, 0.5) is 0 Å². The van der Waals surface area contributed by atoms with E-state index in [1.54, 1.807) is 0 Å². The minimum Gasteiger partial charge on any atom is -0.402 e. The van der Waals surface area contributed by atoms with E-state index in [-0.39, 0.29) is 0 Å². The van der Waals surface area contributed by atoms with E-state index in [0.717, 1.165) is 0 Å². The third-order valence-corrected chi connectivity index (χ3v) is 1.02. The Morgan fingerprint density at radius 2 is 2.17 bits per heavy atom. The summed E-state index contributed by atoms with van der Waals surface area (Å²) in [6.45, 7) is 2.04. The molecule has 0 aromatic heterocycles. The molecule has 0 spiro atoms. The van der Waals surface area contributed by atoms with Crippen molar-refractivity contribution >= 4 is 5.97 Å². The van der Waals surface area contributed by atoms with Gasteiger partial charge in [-0.05, 0) is 0 Å². The molecule has 0 aromatic rings. The first-order valence-corrected chi connectivity index (χ1v) is 3.03. The van der Waals surface area contributed by atoms with Crippen molar-refractivity contribution in [1.82, 2.24) is 0 Å². The van der Waals surface area contributed by atoms with Crippen molar-refractivity contribution in [2.24, 2.45) is 0 Å². The molecular formula is C6H10O6. The van der Waals surface area contributed by atoms with E-state index < -0.39 is 24.7 Å². The zero-order valence-corrected chi connectivity index (χ0v) is 6.17. The van der Waals surface area contributed by atoms with Crippen LogP contribution in [0.1, 0.15) is 0 Å². The lowest BCUT2D eigenvalue weighted by molar-refractivity contribution is -0.359. The van der Waals surface area contributed by atoms with Crippen molar-refractivity contribution in [3.05, 3.63) is 12.7 Å². The molecule has 6 nitrogen and oxygen atoms in total. The normalized spacial score (nSPS) is 13.7. The molecule has 0 aliphatic carbocycles. The molecule has 0 aromatic carbocycles. The van der Waals surface area contributed by atoms with Crippen LogP contribution < -0.4 is 0 Å². The van der Waals surface area contributed by atoms with E-state index >= 15 is 0 Å². The topological polar surface area (TPSA) is 107 Å². The molecule has 1 atom stereocenters. The molecule has 0 heterocycles. The van der Waals surface area contributed by atoms with Crippen molar-refractivity contribution in [1.29, 1.82) is 0 Å². The van der Waals surface area contributed by atoms with Crippen molar-refractivity contribution < 1.29 is 30.0 Å². The maximum atomic E-state index is 10.4. The molecule has 0 bridgehead atoms. The van der Waals surface area contributed by atoms with Crippen LogP contribution in [-0.4, -0.2) is 45.1 Å². The minimum atomic E-state index is -3.08. The van der Waals surface area contributed by atoms with E-state index in [1.807, 2.05) is 0 Å². The van der Waals surface area contributed by atoms with E-state index in [4.69, 9.17) is 20.4 Å². The van der Waals surface area contributed by atoms with E-state index in [9.17, 15) is 4.79 Å². The van der Waals surface area contributed by atoms with Gasteiger partial charge in [0.2, 0.25) is 0 Å². The number of hydrogen-bond donors (Lipinski definition) is 4. The first-order valence-electron chi connectivity index (χ1n) is 3.03. The van der Waals surface area contributed by atoms with E-state index in [1.165, 1.54) is 0 Å². The molecule has 0 radical (unpaired) electrons. The smallest absolute Gasteiger partial charge is 0.354 e. The van der Waals surface area contributed by atoms with Gasteiger partial charge in [0.15, 0.2) is 6.10 Å². The molecule has 70 valence electrons. The number of aliphatic hydroxyl groups is 4. The summed E-state index contributed by atoms with van der Waals surface area (Å²) in [5, 5.41) is 34.4. The monoisotopic (exact) mass is 178 g/mol. The minimum absolute atomic E-state index is 0.686. The fourth-order valence-corrected chi connectivity index (χ4v) is 0.377. The highest BCUT2D eigenvalue weighted by Gasteiger charge is 2.36. The third-order valence-electron chi connectivity index (χ3n) is 1.02. The van der Waals surface area contributed by atoms with Gasteiger partial charge in [-0.15, -0.1) is 0 Å². The van der Waals surface area contributed by atoms with Crippen molar-refractivity contribution in [3.63, 3.8) is 0 Å². The van der Waals surface area contributed by atoms with Crippen LogP contribution in [0, 0.1) is 0 Å². The summed E-state index contributed by atoms with van der Waals surface area (Å²) in [5.74, 6) is -4.20. The van der Waals surface area contributed by atoms with Gasteiger partial charge >= 0.3 is 11.9 Å². The van der Waals surface area contributed by atoms with Gasteiger partial charge in [0.1, 0.15) is 0 Å². The fraction of sp³-hybridized carbons (Fsp3) is 0.500. The number of aliphatic hydroxyl groups excluding tert-OH is 2. The van der Waals surface area contributed by atoms with Crippen molar-refractivity contribution in [2.75, 3.05) is 6.61 Å². The Labute approximate surface area is 68.3 Å². The Bertz CT molecular complexity index is 175. The lowest BCUT2D eigenvalue weighted by atomic mass is 10.3. The van der Waals surface area contributed by atoms with Crippen LogP contribution in [0.3, 0.4) is 0 Å². The van der Waals surface area contributed by atoms with Crippen LogP contribution in [0.25, 0.3) is 0 Å². The Balaban J connectivity index is 4.20. The van der Waals surface area contributed by atoms with Crippen LogP contribution in [0.15, 0.2) is 12.7 Å². The number of ether oxygens (including phenoxy) is 1. The Morgan fingerprint density at radius 1 is 1.67 bits per heavy atom. The van der Waals surface area contributed by atoms with Gasteiger partial charge in [-0.2, -0.15) is 0 Å². The summed E-state index contributed by atoms with van der Waals surface area (Å²) >= 11 is 0. The molecule has 1 unspecified atom stereocenters. The average Bonchev–Trinajstić information content (AvgIpc) is 2.02. The Kier molecular flexibility index (Phi) is 3.84. The predicted molar refractivity (Wildman–Crippen MR) is 36.6 cm³/mol. The second-order valence-corrected chi connectivity index (χ2v) is 1.98. The lowest BCUT2D eigenvalue weighted by Gasteiger charge is -2.24. The van der Waals surface area contributed by atoms with Crippen LogP contribution >= 0.6 is 0 Å². The van der Waals surface area contributed by atoms with Crippen LogP contribution in [0.2, 0.25) is 0 Å². The zero-order chi connectivity index (χ0) is 9.78. The van der Waals surface area contributed by atoms with Crippen molar-refractivity contribution in [3.8, 4) is 0 Å². The highest BCUT2D eigenvalue weighted by atomic mass is 16.8. The predicted octanol–water partition coefficient (Wildman–Crippen LogP) is -2.29. The van der Waals surface area contributed by atoms with Gasteiger partial charge in [-0.3, -0.25) is 0 Å². The second-order valence-electron chi connectivity index (χ2n) is 1.98. The molecule has 0 fully saturated rings. The molecule has 0 saturated heterocycles. The average molecular weight is 178 g/mol. The number of hydrogen-bond acceptors (Lipinski definition) is 6. The zero-order valence-electron chi connectivity index (χ0n) is 6.17. The molecule has 0 amide bonds. The number of esters is 1.